The number of nitrogens with one attached hydrogen (secondary N) is 2. The molecule has 0 radical (unpaired) electrons. The molecular weight excluding hydrogens is 358 g/mol. The first kappa shape index (κ1) is 21.0. The van der Waals surface area contributed by atoms with Gasteiger partial charge in [0.2, 0.25) is 0 Å². The maximum Gasteiger partial charge on any atom is 0.340 e. The van der Waals surface area contributed by atoms with Gasteiger partial charge in [0.1, 0.15) is 0 Å². The number of nitrogens with zero attached hydrogens (tertiary/aromatic N) is 1. The van der Waals surface area contributed by atoms with E-state index in [1.807, 2.05) is 32.0 Å². The van der Waals surface area contributed by atoms with Crippen LogP contribution < -0.4 is 15.5 Å². The number of hydrogen-bond acceptors (Lipinski definition) is 5. The average Bonchev–Trinajstić information content (AvgIpc) is 2.68. The lowest BCUT2D eigenvalue weighted by molar-refractivity contribution is -0.133. The largest absolute Gasteiger partial charge is 0.462 e. The Bertz CT molecular complexity index is 849. The molecule has 2 N–H and O–H groups in total. The van der Waals surface area contributed by atoms with Crippen LogP contribution >= 0.6 is 0 Å². The van der Waals surface area contributed by atoms with E-state index >= 15 is 0 Å². The van der Waals surface area contributed by atoms with Crippen molar-refractivity contribution in [3.05, 3.63) is 54.1 Å². The average molecular weight is 383 g/mol. The summed E-state index contributed by atoms with van der Waals surface area (Å²) in [4.78, 5) is 38.6. The molecule has 0 bridgehead atoms. The van der Waals surface area contributed by atoms with E-state index in [4.69, 9.17) is 4.74 Å². The number of unbranched alkanes of at least 4 members (excludes halogenated alkanes) is 1. The summed E-state index contributed by atoms with van der Waals surface area (Å²) in [5.41, 5.74) is 1.82. The highest BCUT2D eigenvalue weighted by Gasteiger charge is 2.19. The van der Waals surface area contributed by atoms with Gasteiger partial charge in [-0.2, -0.15) is 0 Å². The summed E-state index contributed by atoms with van der Waals surface area (Å²) in [6.45, 7) is 2.30. The number of carbonyl (C=O) groups is 3. The van der Waals surface area contributed by atoms with Crippen LogP contribution in [0.1, 0.15) is 30.1 Å². The third-order valence-corrected chi connectivity index (χ3v) is 3.95. The Hall–Kier alpha value is -3.35. The Balaban J connectivity index is 2.05. The third-order valence-electron chi connectivity index (χ3n) is 3.95. The molecule has 0 atom stereocenters. The van der Waals surface area contributed by atoms with Crippen molar-refractivity contribution >= 4 is 34.8 Å². The van der Waals surface area contributed by atoms with Crippen LogP contribution in [-0.2, 0) is 14.3 Å². The normalized spacial score (nSPS) is 10.1. The zero-order valence-electron chi connectivity index (χ0n) is 16.3. The Morgan fingerprint density at radius 3 is 2.39 bits per heavy atom. The lowest BCUT2D eigenvalue weighted by Gasteiger charge is -2.14. The van der Waals surface area contributed by atoms with Crippen LogP contribution in [-0.4, -0.2) is 38.5 Å². The van der Waals surface area contributed by atoms with E-state index in [0.717, 1.165) is 18.5 Å². The Morgan fingerprint density at radius 2 is 1.68 bits per heavy atom. The number of esters is 1. The van der Waals surface area contributed by atoms with E-state index in [1.54, 1.807) is 42.5 Å². The first-order valence-corrected chi connectivity index (χ1v) is 9.08. The van der Waals surface area contributed by atoms with Gasteiger partial charge in [0.25, 0.3) is 0 Å². The number of rotatable bonds is 7. The van der Waals surface area contributed by atoms with Crippen LogP contribution in [0, 0.1) is 0 Å². The van der Waals surface area contributed by atoms with Crippen LogP contribution in [0.3, 0.4) is 0 Å². The molecule has 2 aromatic carbocycles. The molecule has 0 unspecified atom stereocenters. The quantitative estimate of drug-likeness (QED) is 0.435. The Morgan fingerprint density at radius 1 is 0.964 bits per heavy atom. The highest BCUT2D eigenvalue weighted by atomic mass is 16.5. The van der Waals surface area contributed by atoms with Crippen LogP contribution in [0.25, 0.3) is 0 Å². The molecule has 0 heterocycles. The minimum Gasteiger partial charge on any atom is -0.462 e. The molecule has 7 nitrogen and oxygen atoms in total. The smallest absolute Gasteiger partial charge is 0.340 e. The van der Waals surface area contributed by atoms with Crippen LogP contribution in [0.4, 0.5) is 17.1 Å². The van der Waals surface area contributed by atoms with Gasteiger partial charge in [-0.3, -0.25) is 9.59 Å². The molecule has 0 saturated heterocycles. The van der Waals surface area contributed by atoms with Crippen molar-refractivity contribution in [1.29, 1.82) is 0 Å². The summed E-state index contributed by atoms with van der Waals surface area (Å²) in [7, 11) is 3.76. The molecule has 0 saturated carbocycles. The van der Waals surface area contributed by atoms with Crippen LogP contribution in [0.2, 0.25) is 0 Å². The molecule has 0 spiro atoms. The molecule has 0 aliphatic rings. The van der Waals surface area contributed by atoms with E-state index in [-0.39, 0.29) is 11.3 Å². The predicted octanol–water partition coefficient (Wildman–Crippen LogP) is 3.29. The van der Waals surface area contributed by atoms with E-state index in [0.29, 0.717) is 12.3 Å². The van der Waals surface area contributed by atoms with Gasteiger partial charge in [-0.1, -0.05) is 31.5 Å². The zero-order chi connectivity index (χ0) is 20.5. The summed E-state index contributed by atoms with van der Waals surface area (Å²) < 4.78 is 5.19. The first-order chi connectivity index (χ1) is 13.4. The summed E-state index contributed by atoms with van der Waals surface area (Å²) >= 11 is 0. The second-order valence-electron chi connectivity index (χ2n) is 6.39. The van der Waals surface area contributed by atoms with Gasteiger partial charge in [0.15, 0.2) is 0 Å². The Labute approximate surface area is 164 Å². The molecule has 0 aliphatic heterocycles. The molecule has 2 amide bonds. The number of ether oxygens (including phenoxy) is 1. The molecule has 0 aliphatic carbocycles. The van der Waals surface area contributed by atoms with Crippen molar-refractivity contribution in [2.75, 3.05) is 36.2 Å². The van der Waals surface area contributed by atoms with Crippen LogP contribution in [0.15, 0.2) is 48.5 Å². The molecule has 7 heteroatoms. The second kappa shape index (κ2) is 10.1. The number of anilines is 3. The zero-order valence-corrected chi connectivity index (χ0v) is 16.3. The van der Waals surface area contributed by atoms with E-state index < -0.39 is 17.8 Å². The van der Waals surface area contributed by atoms with Gasteiger partial charge in [-0.25, -0.2) is 4.79 Å². The Kier molecular flexibility index (Phi) is 7.56. The number of benzene rings is 2. The third kappa shape index (κ3) is 5.84. The maximum atomic E-state index is 12.3. The molecular formula is C21H25N3O4. The topological polar surface area (TPSA) is 87.7 Å². The minimum absolute atomic E-state index is 0.203. The number of amides is 2. The van der Waals surface area contributed by atoms with Gasteiger partial charge < -0.3 is 20.3 Å². The summed E-state index contributed by atoms with van der Waals surface area (Å²) in [5.74, 6) is -2.24. The number of hydrogen-bond donors (Lipinski definition) is 2. The van der Waals surface area contributed by atoms with Crippen molar-refractivity contribution in [3.63, 3.8) is 0 Å². The van der Waals surface area contributed by atoms with E-state index in [1.165, 1.54) is 0 Å². The fourth-order valence-electron chi connectivity index (χ4n) is 2.39. The second-order valence-corrected chi connectivity index (χ2v) is 6.39. The van der Waals surface area contributed by atoms with Crippen molar-refractivity contribution in [2.45, 2.75) is 19.8 Å². The summed E-state index contributed by atoms with van der Waals surface area (Å²) in [6, 6.07) is 13.5. The number of para-hydroxylation sites is 1. The minimum atomic E-state index is -0.871. The van der Waals surface area contributed by atoms with Gasteiger partial charge in [0.05, 0.1) is 17.9 Å². The lowest BCUT2D eigenvalue weighted by Crippen LogP contribution is -2.29. The lowest BCUT2D eigenvalue weighted by atomic mass is 10.1. The summed E-state index contributed by atoms with van der Waals surface area (Å²) in [5, 5.41) is 5.03. The molecule has 2 aromatic rings. The van der Waals surface area contributed by atoms with Gasteiger partial charge in [-0.05, 0) is 36.8 Å². The van der Waals surface area contributed by atoms with Crippen LogP contribution in [0.5, 0.6) is 0 Å². The molecule has 28 heavy (non-hydrogen) atoms. The molecule has 148 valence electrons. The monoisotopic (exact) mass is 383 g/mol. The SMILES string of the molecule is CCCCOC(=O)c1ccccc1NC(=O)C(=O)Nc1cccc(N(C)C)c1. The van der Waals surface area contributed by atoms with Crippen molar-refractivity contribution in [2.24, 2.45) is 0 Å². The summed E-state index contributed by atoms with van der Waals surface area (Å²) in [6.07, 6.45) is 1.66. The highest BCUT2D eigenvalue weighted by Crippen LogP contribution is 2.19. The van der Waals surface area contributed by atoms with Crippen molar-refractivity contribution in [1.82, 2.24) is 0 Å². The van der Waals surface area contributed by atoms with Crippen molar-refractivity contribution < 1.29 is 19.1 Å². The standard InChI is InChI=1S/C21H25N3O4/c1-4-5-13-28-21(27)17-11-6-7-12-18(17)23-20(26)19(25)22-15-9-8-10-16(14-15)24(2)3/h6-12,14H,4-5,13H2,1-3H3,(H,22,25)(H,23,26). The van der Waals surface area contributed by atoms with Gasteiger partial charge in [-0.15, -0.1) is 0 Å². The van der Waals surface area contributed by atoms with Gasteiger partial charge >= 0.3 is 17.8 Å². The maximum absolute atomic E-state index is 12.3. The predicted molar refractivity (Wildman–Crippen MR) is 110 cm³/mol. The molecule has 0 fully saturated rings. The molecule has 0 aromatic heterocycles. The van der Waals surface area contributed by atoms with E-state index in [9.17, 15) is 14.4 Å². The van der Waals surface area contributed by atoms with Gasteiger partial charge in [0, 0.05) is 25.5 Å². The first-order valence-electron chi connectivity index (χ1n) is 9.08. The van der Waals surface area contributed by atoms with Crippen molar-refractivity contribution in [3.8, 4) is 0 Å². The molecule has 2 rings (SSSR count). The fourth-order valence-corrected chi connectivity index (χ4v) is 2.39. The number of carbonyl (C=O) groups excluding carboxylic acids is 3. The fraction of sp³-hybridized carbons (Fsp3) is 0.286. The van der Waals surface area contributed by atoms with E-state index in [2.05, 4.69) is 10.6 Å². The highest BCUT2D eigenvalue weighted by molar-refractivity contribution is 6.44.